The molecule has 1 heterocycles. The van der Waals surface area contributed by atoms with Crippen LogP contribution >= 0.6 is 0 Å². The van der Waals surface area contributed by atoms with Gasteiger partial charge in [0.1, 0.15) is 0 Å². The number of hydrogen-bond donors (Lipinski definition) is 1. The summed E-state index contributed by atoms with van der Waals surface area (Å²) in [4.78, 5) is 14.4. The van der Waals surface area contributed by atoms with Crippen molar-refractivity contribution >= 4 is 5.91 Å². The van der Waals surface area contributed by atoms with Gasteiger partial charge in [0.2, 0.25) is 5.91 Å². The lowest BCUT2D eigenvalue weighted by atomic mass is 9.89. The van der Waals surface area contributed by atoms with Gasteiger partial charge in [-0.05, 0) is 32.2 Å². The van der Waals surface area contributed by atoms with Gasteiger partial charge in [-0.3, -0.25) is 9.69 Å². The van der Waals surface area contributed by atoms with Gasteiger partial charge in [-0.25, -0.2) is 0 Å². The third-order valence-electron chi connectivity index (χ3n) is 4.28. The van der Waals surface area contributed by atoms with E-state index in [1.54, 1.807) is 0 Å². The average Bonchev–Trinajstić information content (AvgIpc) is 2.49. The van der Waals surface area contributed by atoms with Crippen molar-refractivity contribution in [2.45, 2.75) is 44.9 Å². The predicted molar refractivity (Wildman–Crippen MR) is 76.1 cm³/mol. The third-order valence-corrected chi connectivity index (χ3v) is 4.28. The summed E-state index contributed by atoms with van der Waals surface area (Å²) >= 11 is 0. The lowest BCUT2D eigenvalue weighted by Gasteiger charge is -2.26. The molecule has 2 rings (SSSR count). The van der Waals surface area contributed by atoms with Crippen LogP contribution < -0.4 is 5.32 Å². The molecule has 0 aromatic rings. The molecule has 19 heavy (non-hydrogen) atoms. The Hall–Kier alpha value is -0.610. The van der Waals surface area contributed by atoms with Crippen molar-refractivity contribution < 1.29 is 9.53 Å². The van der Waals surface area contributed by atoms with Crippen LogP contribution in [0, 0.1) is 5.92 Å². The van der Waals surface area contributed by atoms with Crippen molar-refractivity contribution in [2.75, 3.05) is 39.4 Å². The zero-order valence-electron chi connectivity index (χ0n) is 12.0. The van der Waals surface area contributed by atoms with Crippen molar-refractivity contribution in [1.82, 2.24) is 10.2 Å². The molecule has 110 valence electrons. The Bertz CT molecular complexity index is 259. The summed E-state index contributed by atoms with van der Waals surface area (Å²) in [6, 6.07) is 0. The van der Waals surface area contributed by atoms with Crippen molar-refractivity contribution in [3.05, 3.63) is 0 Å². The highest BCUT2D eigenvalue weighted by Gasteiger charge is 2.20. The summed E-state index contributed by atoms with van der Waals surface area (Å²) in [6.45, 7) is 5.86. The number of ether oxygens (including phenoxy) is 1. The highest BCUT2D eigenvalue weighted by molar-refractivity contribution is 5.78. The summed E-state index contributed by atoms with van der Waals surface area (Å²) < 4.78 is 5.33. The van der Waals surface area contributed by atoms with Crippen molar-refractivity contribution in [2.24, 2.45) is 5.92 Å². The number of nitrogens with one attached hydrogen (secondary N) is 1. The number of carbonyl (C=O) groups excluding carboxylic acids is 1. The molecule has 4 heteroatoms. The van der Waals surface area contributed by atoms with Gasteiger partial charge in [-0.2, -0.15) is 0 Å². The summed E-state index contributed by atoms with van der Waals surface area (Å²) in [7, 11) is 0. The first-order valence-corrected chi connectivity index (χ1v) is 7.94. The van der Waals surface area contributed by atoms with Gasteiger partial charge in [0, 0.05) is 25.6 Å². The quantitative estimate of drug-likeness (QED) is 0.747. The van der Waals surface area contributed by atoms with Gasteiger partial charge in [0.05, 0.1) is 13.2 Å². The minimum absolute atomic E-state index is 0.297. The van der Waals surface area contributed by atoms with E-state index in [-0.39, 0.29) is 0 Å². The third kappa shape index (κ3) is 5.49. The molecular weight excluding hydrogens is 240 g/mol. The molecule has 1 amide bonds. The Morgan fingerprint density at radius 1 is 1.11 bits per heavy atom. The summed E-state index contributed by atoms with van der Waals surface area (Å²) in [6.07, 6.45) is 8.23. The SMILES string of the molecule is O=C(NCCCCN1CCOCC1)C1CCCCC1. The molecule has 4 nitrogen and oxygen atoms in total. The van der Waals surface area contributed by atoms with Crippen molar-refractivity contribution in [3.63, 3.8) is 0 Å². The van der Waals surface area contributed by atoms with Crippen LogP contribution in [0.2, 0.25) is 0 Å². The molecule has 2 fully saturated rings. The lowest BCUT2D eigenvalue weighted by molar-refractivity contribution is -0.125. The fraction of sp³-hybridized carbons (Fsp3) is 0.933. The fourth-order valence-electron chi connectivity index (χ4n) is 3.01. The number of morpholine rings is 1. The smallest absolute Gasteiger partial charge is 0.223 e. The fourth-order valence-corrected chi connectivity index (χ4v) is 3.01. The summed E-state index contributed by atoms with van der Waals surface area (Å²) in [5, 5.41) is 3.11. The lowest BCUT2D eigenvalue weighted by Crippen LogP contribution is -2.37. The van der Waals surface area contributed by atoms with E-state index < -0.39 is 0 Å². The van der Waals surface area contributed by atoms with Crippen molar-refractivity contribution in [3.8, 4) is 0 Å². The van der Waals surface area contributed by atoms with Crippen LogP contribution in [0.15, 0.2) is 0 Å². The molecule has 1 saturated heterocycles. The summed E-state index contributed by atoms with van der Waals surface area (Å²) in [5.74, 6) is 0.596. The topological polar surface area (TPSA) is 41.6 Å². The van der Waals surface area contributed by atoms with E-state index in [1.807, 2.05) is 0 Å². The number of unbranched alkanes of at least 4 members (excludes halogenated alkanes) is 1. The zero-order chi connectivity index (χ0) is 13.3. The van der Waals surface area contributed by atoms with E-state index in [2.05, 4.69) is 10.2 Å². The van der Waals surface area contributed by atoms with Crippen LogP contribution in [0.5, 0.6) is 0 Å². The second-order valence-electron chi connectivity index (χ2n) is 5.79. The number of amides is 1. The first kappa shape index (κ1) is 14.8. The molecule has 0 atom stereocenters. The first-order chi connectivity index (χ1) is 9.36. The van der Waals surface area contributed by atoms with Gasteiger partial charge in [0.15, 0.2) is 0 Å². The maximum absolute atomic E-state index is 11.9. The van der Waals surface area contributed by atoms with E-state index in [1.165, 1.54) is 25.7 Å². The van der Waals surface area contributed by atoms with E-state index >= 15 is 0 Å². The zero-order valence-corrected chi connectivity index (χ0v) is 12.0. The highest BCUT2D eigenvalue weighted by Crippen LogP contribution is 2.23. The molecule has 1 aliphatic heterocycles. The Morgan fingerprint density at radius 3 is 2.58 bits per heavy atom. The van der Waals surface area contributed by atoms with Crippen LogP contribution in [-0.4, -0.2) is 50.2 Å². The van der Waals surface area contributed by atoms with E-state index in [4.69, 9.17) is 4.74 Å². The molecule has 0 radical (unpaired) electrons. The van der Waals surface area contributed by atoms with Gasteiger partial charge in [0.25, 0.3) is 0 Å². The molecular formula is C15H28N2O2. The van der Waals surface area contributed by atoms with E-state index in [0.717, 1.165) is 58.7 Å². The van der Waals surface area contributed by atoms with Gasteiger partial charge >= 0.3 is 0 Å². The monoisotopic (exact) mass is 268 g/mol. The van der Waals surface area contributed by atoms with Crippen LogP contribution in [0.1, 0.15) is 44.9 Å². The summed E-state index contributed by atoms with van der Waals surface area (Å²) in [5.41, 5.74) is 0. The van der Waals surface area contributed by atoms with Crippen LogP contribution in [0.4, 0.5) is 0 Å². The Kier molecular flexibility index (Phi) is 6.65. The Labute approximate surface area is 116 Å². The van der Waals surface area contributed by atoms with Crippen LogP contribution in [0.3, 0.4) is 0 Å². The Balaban J connectivity index is 1.47. The molecule has 2 aliphatic rings. The molecule has 0 spiro atoms. The maximum Gasteiger partial charge on any atom is 0.223 e. The standard InChI is InChI=1S/C15H28N2O2/c18-15(14-6-2-1-3-7-14)16-8-4-5-9-17-10-12-19-13-11-17/h14H,1-13H2,(H,16,18). The number of nitrogens with zero attached hydrogens (tertiary/aromatic N) is 1. The molecule has 1 saturated carbocycles. The van der Waals surface area contributed by atoms with Gasteiger partial charge < -0.3 is 10.1 Å². The molecule has 1 N–H and O–H groups in total. The second kappa shape index (κ2) is 8.54. The number of carbonyl (C=O) groups is 1. The molecule has 0 aromatic carbocycles. The average molecular weight is 268 g/mol. The van der Waals surface area contributed by atoms with Gasteiger partial charge in [-0.1, -0.05) is 19.3 Å². The number of hydrogen-bond acceptors (Lipinski definition) is 3. The first-order valence-electron chi connectivity index (χ1n) is 7.94. The van der Waals surface area contributed by atoms with E-state index in [0.29, 0.717) is 11.8 Å². The minimum Gasteiger partial charge on any atom is -0.379 e. The Morgan fingerprint density at radius 2 is 1.84 bits per heavy atom. The molecule has 1 aliphatic carbocycles. The van der Waals surface area contributed by atoms with Crippen LogP contribution in [0.25, 0.3) is 0 Å². The van der Waals surface area contributed by atoms with Crippen LogP contribution in [-0.2, 0) is 9.53 Å². The number of rotatable bonds is 6. The predicted octanol–water partition coefficient (Wildman–Crippen LogP) is 1.80. The normalized spacial score (nSPS) is 22.3. The maximum atomic E-state index is 11.9. The highest BCUT2D eigenvalue weighted by atomic mass is 16.5. The van der Waals surface area contributed by atoms with E-state index in [9.17, 15) is 4.79 Å². The van der Waals surface area contributed by atoms with Crippen molar-refractivity contribution in [1.29, 1.82) is 0 Å². The molecule has 0 aromatic heterocycles. The van der Waals surface area contributed by atoms with Gasteiger partial charge in [-0.15, -0.1) is 0 Å². The molecule has 0 unspecified atom stereocenters. The minimum atomic E-state index is 0.297. The second-order valence-corrected chi connectivity index (χ2v) is 5.79. The molecule has 0 bridgehead atoms. The largest absolute Gasteiger partial charge is 0.379 e.